The van der Waals surface area contributed by atoms with E-state index in [1.807, 2.05) is 6.07 Å². The lowest BCUT2D eigenvalue weighted by Gasteiger charge is -2.23. The fourth-order valence-corrected chi connectivity index (χ4v) is 4.88. The topological polar surface area (TPSA) is 54.5 Å². The Bertz CT molecular complexity index is 1260. The molecule has 0 atom stereocenters. The number of thioether (sulfide) groups is 1. The number of hydrogen-bond acceptors (Lipinski definition) is 4. The fraction of sp³-hybridized carbons (Fsp3) is 0.190. The fourth-order valence-electron chi connectivity index (χ4n) is 3.88. The van der Waals surface area contributed by atoms with E-state index in [1.165, 1.54) is 0 Å². The summed E-state index contributed by atoms with van der Waals surface area (Å²) in [6.45, 7) is 3.69. The number of nitrogens with zero attached hydrogens (tertiary/aromatic N) is 3. The van der Waals surface area contributed by atoms with Crippen molar-refractivity contribution < 1.29 is 13.2 Å². The van der Waals surface area contributed by atoms with Crippen LogP contribution >= 0.6 is 11.8 Å². The Balaban J connectivity index is 1.92. The van der Waals surface area contributed by atoms with Crippen LogP contribution in [0.25, 0.3) is 39.1 Å². The van der Waals surface area contributed by atoms with E-state index in [0.29, 0.717) is 45.4 Å². The highest BCUT2D eigenvalue weighted by molar-refractivity contribution is 7.98. The summed E-state index contributed by atoms with van der Waals surface area (Å²) >= 11 is 1.76. The van der Waals surface area contributed by atoms with Crippen molar-refractivity contribution in [3.05, 3.63) is 59.6 Å². The van der Waals surface area contributed by atoms with Crippen molar-refractivity contribution in [3.8, 4) is 11.3 Å². The third-order valence-corrected chi connectivity index (χ3v) is 6.20. The van der Waals surface area contributed by atoms with Gasteiger partial charge in [-0.25, -0.2) is 4.98 Å². The van der Waals surface area contributed by atoms with E-state index in [9.17, 15) is 13.2 Å². The second kappa shape index (κ2) is 6.59. The molecule has 8 heteroatoms. The second-order valence-corrected chi connectivity index (χ2v) is 7.98. The van der Waals surface area contributed by atoms with Crippen LogP contribution in [0.2, 0.25) is 0 Å². The first kappa shape index (κ1) is 18.2. The molecule has 4 aromatic rings. The van der Waals surface area contributed by atoms with Crippen molar-refractivity contribution in [2.24, 2.45) is 0 Å². The van der Waals surface area contributed by atoms with Crippen LogP contribution in [0.15, 0.2) is 37.2 Å². The number of aromatic nitrogens is 4. The number of rotatable bonds is 2. The van der Waals surface area contributed by atoms with Crippen molar-refractivity contribution >= 4 is 39.6 Å². The summed E-state index contributed by atoms with van der Waals surface area (Å²) in [5, 5.41) is 7.90. The zero-order valence-electron chi connectivity index (χ0n) is 15.2. The van der Waals surface area contributed by atoms with Crippen LogP contribution < -0.4 is 0 Å². The Morgan fingerprint density at radius 1 is 1.17 bits per heavy atom. The minimum Gasteiger partial charge on any atom is -0.278 e. The number of hydrogen-bond donors (Lipinski definition) is 1. The highest BCUT2D eigenvalue weighted by atomic mass is 32.2. The molecule has 3 aromatic heterocycles. The Kier molecular flexibility index (Phi) is 4.13. The number of H-pyrrole nitrogens is 1. The molecule has 0 unspecified atom stereocenters. The molecule has 1 N–H and O–H groups in total. The Morgan fingerprint density at radius 3 is 2.76 bits per heavy atom. The molecule has 1 aromatic carbocycles. The zero-order chi connectivity index (χ0) is 20.2. The van der Waals surface area contributed by atoms with Crippen molar-refractivity contribution in [2.75, 3.05) is 5.75 Å². The molecule has 0 aliphatic carbocycles. The Labute approximate surface area is 168 Å². The SMILES string of the molecule is C=Cc1ccc(-c2nc3c(C(F)(F)F)cc4[nH]ncc4c3c3c2CSCC3)cn1. The van der Waals surface area contributed by atoms with E-state index in [1.54, 1.807) is 36.3 Å². The van der Waals surface area contributed by atoms with Gasteiger partial charge in [0, 0.05) is 28.3 Å². The number of fused-ring (bicyclic) bond motifs is 5. The Morgan fingerprint density at radius 2 is 2.03 bits per heavy atom. The normalized spacial score (nSPS) is 14.3. The molecule has 0 bridgehead atoms. The molecule has 0 saturated heterocycles. The van der Waals surface area contributed by atoms with Crippen LogP contribution in [0, 0.1) is 0 Å². The van der Waals surface area contributed by atoms with Gasteiger partial charge in [-0.1, -0.05) is 6.58 Å². The summed E-state index contributed by atoms with van der Waals surface area (Å²) in [6, 6.07) is 4.73. The molecule has 0 spiro atoms. The summed E-state index contributed by atoms with van der Waals surface area (Å²) in [5.41, 5.74) is 3.47. The van der Waals surface area contributed by atoms with Crippen molar-refractivity contribution in [1.82, 2.24) is 20.2 Å². The molecule has 29 heavy (non-hydrogen) atoms. The third-order valence-electron chi connectivity index (χ3n) is 5.21. The molecule has 1 aliphatic rings. The maximum atomic E-state index is 13.9. The molecule has 0 amide bonds. The van der Waals surface area contributed by atoms with Gasteiger partial charge in [0.1, 0.15) is 0 Å². The summed E-state index contributed by atoms with van der Waals surface area (Å²) < 4.78 is 41.7. The van der Waals surface area contributed by atoms with E-state index < -0.39 is 11.7 Å². The first-order valence-electron chi connectivity index (χ1n) is 9.02. The zero-order valence-corrected chi connectivity index (χ0v) is 16.0. The van der Waals surface area contributed by atoms with Gasteiger partial charge in [0.25, 0.3) is 0 Å². The maximum absolute atomic E-state index is 13.9. The molecular weight excluding hydrogens is 397 g/mol. The summed E-state index contributed by atoms with van der Waals surface area (Å²) in [6.07, 6.45) is 1.02. The molecule has 4 nitrogen and oxygen atoms in total. The number of nitrogens with one attached hydrogen (secondary N) is 1. The lowest BCUT2D eigenvalue weighted by atomic mass is 9.92. The number of benzene rings is 1. The predicted molar refractivity (Wildman–Crippen MR) is 110 cm³/mol. The smallest absolute Gasteiger partial charge is 0.278 e. The van der Waals surface area contributed by atoms with Crippen LogP contribution in [0.1, 0.15) is 22.4 Å². The second-order valence-electron chi connectivity index (χ2n) is 6.87. The first-order chi connectivity index (χ1) is 14.0. The van der Waals surface area contributed by atoms with Gasteiger partial charge >= 0.3 is 6.18 Å². The molecule has 0 saturated carbocycles. The maximum Gasteiger partial charge on any atom is 0.418 e. The minimum atomic E-state index is -4.52. The van der Waals surface area contributed by atoms with E-state index >= 15 is 0 Å². The standard InChI is InChI=1S/C21H15F3N4S/c1-2-12-4-3-11(8-25-12)19-15-10-29-6-5-13(15)18-14-9-26-28-17(14)7-16(20(18)27-19)21(22,23)24/h2-4,7-9H,1,5-6,10H2,(H,26,28). The number of aromatic amines is 1. The average molecular weight is 412 g/mol. The van der Waals surface area contributed by atoms with Crippen LogP contribution in [0.3, 0.4) is 0 Å². The van der Waals surface area contributed by atoms with E-state index in [0.717, 1.165) is 22.9 Å². The molecule has 146 valence electrons. The van der Waals surface area contributed by atoms with E-state index in [4.69, 9.17) is 0 Å². The average Bonchev–Trinajstić information content (AvgIpc) is 3.20. The molecule has 1 aliphatic heterocycles. The van der Waals surface area contributed by atoms with Crippen molar-refractivity contribution in [2.45, 2.75) is 18.3 Å². The Hall–Kier alpha value is -2.87. The number of pyridine rings is 2. The van der Waals surface area contributed by atoms with Gasteiger partial charge in [-0.3, -0.25) is 10.1 Å². The molecular formula is C21H15F3N4S. The van der Waals surface area contributed by atoms with Gasteiger partial charge in [0.05, 0.1) is 34.2 Å². The van der Waals surface area contributed by atoms with Crippen LogP contribution in [0.4, 0.5) is 13.2 Å². The van der Waals surface area contributed by atoms with Gasteiger partial charge in [-0.15, -0.1) is 0 Å². The van der Waals surface area contributed by atoms with Crippen LogP contribution in [-0.2, 0) is 18.3 Å². The number of alkyl halides is 3. The van der Waals surface area contributed by atoms with Gasteiger partial charge in [0.15, 0.2) is 0 Å². The quantitative estimate of drug-likeness (QED) is 0.464. The lowest BCUT2D eigenvalue weighted by molar-refractivity contribution is -0.136. The van der Waals surface area contributed by atoms with E-state index in [-0.39, 0.29) is 5.52 Å². The van der Waals surface area contributed by atoms with Gasteiger partial charge in [-0.2, -0.15) is 30.0 Å². The number of aryl methyl sites for hydroxylation is 1. The molecule has 4 heterocycles. The predicted octanol–water partition coefficient (Wildman–Crippen LogP) is 5.62. The van der Waals surface area contributed by atoms with Crippen LogP contribution in [-0.4, -0.2) is 25.9 Å². The molecule has 0 fully saturated rings. The summed E-state index contributed by atoms with van der Waals surface area (Å²) in [4.78, 5) is 8.88. The first-order valence-corrected chi connectivity index (χ1v) is 10.2. The highest BCUT2D eigenvalue weighted by Gasteiger charge is 2.36. The number of halogens is 3. The minimum absolute atomic E-state index is 0.0279. The van der Waals surface area contributed by atoms with Gasteiger partial charge in [0.2, 0.25) is 0 Å². The van der Waals surface area contributed by atoms with Crippen molar-refractivity contribution in [1.29, 1.82) is 0 Å². The van der Waals surface area contributed by atoms with Gasteiger partial charge < -0.3 is 0 Å². The third kappa shape index (κ3) is 2.90. The van der Waals surface area contributed by atoms with E-state index in [2.05, 4.69) is 26.7 Å². The summed E-state index contributed by atoms with van der Waals surface area (Å²) in [7, 11) is 0. The van der Waals surface area contributed by atoms with Crippen LogP contribution in [0.5, 0.6) is 0 Å². The monoisotopic (exact) mass is 412 g/mol. The van der Waals surface area contributed by atoms with Crippen molar-refractivity contribution in [3.63, 3.8) is 0 Å². The molecule has 5 rings (SSSR count). The lowest BCUT2D eigenvalue weighted by Crippen LogP contribution is -2.12. The van der Waals surface area contributed by atoms with Gasteiger partial charge in [-0.05, 0) is 47.6 Å². The largest absolute Gasteiger partial charge is 0.418 e. The summed E-state index contributed by atoms with van der Waals surface area (Å²) in [5.74, 6) is 1.56. The molecule has 0 radical (unpaired) electrons. The highest BCUT2D eigenvalue weighted by Crippen LogP contribution is 2.43.